The van der Waals surface area contributed by atoms with Crippen molar-refractivity contribution in [3.8, 4) is 16.9 Å². The average molecular weight is 545 g/mol. The second-order valence-electron chi connectivity index (χ2n) is 9.30. The van der Waals surface area contributed by atoms with Gasteiger partial charge in [0.25, 0.3) is 0 Å². The van der Waals surface area contributed by atoms with Crippen LogP contribution < -0.4 is 16.1 Å². The van der Waals surface area contributed by atoms with Crippen molar-refractivity contribution in [3.05, 3.63) is 65.0 Å². The number of ether oxygens (including phenoxy) is 2. The van der Waals surface area contributed by atoms with Crippen LogP contribution >= 0.6 is 0 Å². The fourth-order valence-corrected chi connectivity index (χ4v) is 3.17. The molecule has 0 saturated heterocycles. The molecule has 1 heterocycles. The Bertz CT molecular complexity index is 1360. The molecule has 3 rings (SSSR count). The number of rotatable bonds is 10. The van der Waals surface area contributed by atoms with Crippen LogP contribution in [0, 0.1) is 5.92 Å². The number of halogens is 6. The molecular weight excluding hydrogens is 520 g/mol. The first-order chi connectivity index (χ1) is 17.5. The van der Waals surface area contributed by atoms with Gasteiger partial charge in [0.05, 0.1) is 5.56 Å². The Hall–Kier alpha value is -3.54. The number of esters is 1. The topological polar surface area (TPSA) is 91.8 Å². The van der Waals surface area contributed by atoms with E-state index in [9.17, 15) is 35.9 Å². The molecule has 1 unspecified atom stereocenters. The lowest BCUT2D eigenvalue weighted by Gasteiger charge is -2.33. The molecule has 1 aromatic heterocycles. The molecule has 0 radical (unpaired) electrons. The molecular formula is C26H25F6NO5. The van der Waals surface area contributed by atoms with Crippen molar-refractivity contribution in [3.63, 3.8) is 0 Å². The number of nitrogens with two attached hydrogens (primary N) is 1. The number of fused-ring (bicyclic) bond motifs is 1. The van der Waals surface area contributed by atoms with Crippen molar-refractivity contribution in [2.75, 3.05) is 13.2 Å². The lowest BCUT2D eigenvalue weighted by Crippen LogP contribution is -2.59. The zero-order valence-electron chi connectivity index (χ0n) is 20.6. The van der Waals surface area contributed by atoms with E-state index in [1.165, 1.54) is 26.0 Å². The second-order valence-corrected chi connectivity index (χ2v) is 9.30. The van der Waals surface area contributed by atoms with Crippen LogP contribution in [0.3, 0.4) is 0 Å². The first-order valence-corrected chi connectivity index (χ1v) is 11.4. The monoisotopic (exact) mass is 545 g/mol. The normalized spacial score (nSPS) is 14.4. The van der Waals surface area contributed by atoms with E-state index in [-0.39, 0.29) is 11.1 Å². The number of hydrogen-bond donors (Lipinski definition) is 1. The van der Waals surface area contributed by atoms with Crippen LogP contribution in [0.1, 0.15) is 20.8 Å². The molecule has 38 heavy (non-hydrogen) atoms. The van der Waals surface area contributed by atoms with Gasteiger partial charge in [0.2, 0.25) is 0 Å². The molecule has 0 bridgehead atoms. The van der Waals surface area contributed by atoms with Crippen LogP contribution in [-0.2, 0) is 9.53 Å². The molecule has 3 aromatic rings. The molecule has 6 nitrogen and oxygen atoms in total. The van der Waals surface area contributed by atoms with Gasteiger partial charge in [-0.2, -0.15) is 26.3 Å². The third-order valence-electron chi connectivity index (χ3n) is 6.15. The van der Waals surface area contributed by atoms with E-state index in [1.807, 2.05) is 0 Å². The van der Waals surface area contributed by atoms with E-state index in [0.717, 1.165) is 19.1 Å². The summed E-state index contributed by atoms with van der Waals surface area (Å²) in [5, 5.41) is 0.370. The molecule has 0 aliphatic carbocycles. The minimum absolute atomic E-state index is 0.102. The molecule has 0 amide bonds. The van der Waals surface area contributed by atoms with Crippen molar-refractivity contribution in [2.45, 2.75) is 44.1 Å². The summed E-state index contributed by atoms with van der Waals surface area (Å²) in [7, 11) is 0. The van der Waals surface area contributed by atoms with Gasteiger partial charge in [-0.15, -0.1) is 0 Å². The highest BCUT2D eigenvalue weighted by Crippen LogP contribution is 2.46. The predicted molar refractivity (Wildman–Crippen MR) is 127 cm³/mol. The van der Waals surface area contributed by atoms with Gasteiger partial charge in [-0.3, -0.25) is 4.79 Å². The van der Waals surface area contributed by atoms with E-state index in [2.05, 4.69) is 9.47 Å². The molecule has 12 heteroatoms. The van der Waals surface area contributed by atoms with Crippen molar-refractivity contribution in [2.24, 2.45) is 11.7 Å². The fraction of sp³-hybridized carbons (Fsp3) is 0.385. The van der Waals surface area contributed by atoms with E-state index >= 15 is 0 Å². The smallest absolute Gasteiger partial charge is 0.378 e. The quantitative estimate of drug-likeness (QED) is 0.201. The van der Waals surface area contributed by atoms with Crippen molar-refractivity contribution in [1.82, 2.24) is 0 Å². The Morgan fingerprint density at radius 1 is 0.947 bits per heavy atom. The number of carbonyl (C=O) groups excluding carboxylic acids is 1. The highest BCUT2D eigenvalue weighted by atomic mass is 19.3. The third-order valence-corrected chi connectivity index (χ3v) is 6.15. The van der Waals surface area contributed by atoms with Crippen molar-refractivity contribution >= 4 is 16.9 Å². The largest absolute Gasteiger partial charge is 0.487 e. The highest BCUT2D eigenvalue weighted by molar-refractivity contribution is 5.82. The van der Waals surface area contributed by atoms with Gasteiger partial charge < -0.3 is 19.6 Å². The molecule has 0 fully saturated rings. The van der Waals surface area contributed by atoms with Crippen LogP contribution in [0.5, 0.6) is 5.75 Å². The number of hydrogen-bond acceptors (Lipinski definition) is 6. The lowest BCUT2D eigenvalue weighted by molar-refractivity contribution is -0.322. The molecule has 0 saturated carbocycles. The number of alkyl halides is 6. The molecule has 206 valence electrons. The Kier molecular flexibility index (Phi) is 7.88. The molecule has 0 aliphatic heterocycles. The Morgan fingerprint density at radius 3 is 2.16 bits per heavy atom. The van der Waals surface area contributed by atoms with Gasteiger partial charge in [0.1, 0.15) is 16.9 Å². The van der Waals surface area contributed by atoms with Crippen LogP contribution in [0.4, 0.5) is 26.3 Å². The van der Waals surface area contributed by atoms with Crippen LogP contribution in [0.2, 0.25) is 0 Å². The van der Waals surface area contributed by atoms with E-state index in [0.29, 0.717) is 10.9 Å². The molecule has 0 aliphatic rings. The van der Waals surface area contributed by atoms with Gasteiger partial charge in [-0.1, -0.05) is 44.2 Å². The fourth-order valence-electron chi connectivity index (χ4n) is 3.17. The SMILES string of the molecule is CC(C)C(C)(N)C(=O)OCC(F)(F)C(F)(F)C(F)(F)COc1ccc2cc(-c3ccccc3)c(=O)oc2c1. The van der Waals surface area contributed by atoms with Gasteiger partial charge >= 0.3 is 29.4 Å². The number of benzene rings is 2. The summed E-state index contributed by atoms with van der Waals surface area (Å²) >= 11 is 0. The molecule has 2 N–H and O–H groups in total. The maximum absolute atomic E-state index is 14.3. The molecule has 0 spiro atoms. The Balaban J connectivity index is 1.74. The number of carbonyl (C=O) groups is 1. The maximum Gasteiger partial charge on any atom is 0.378 e. The first kappa shape index (κ1) is 29.0. The van der Waals surface area contributed by atoms with Gasteiger partial charge in [-0.25, -0.2) is 4.79 Å². The van der Waals surface area contributed by atoms with E-state index < -0.39 is 59.8 Å². The van der Waals surface area contributed by atoms with Crippen LogP contribution in [0.15, 0.2) is 63.8 Å². The summed E-state index contributed by atoms with van der Waals surface area (Å²) < 4.78 is 99.4. The zero-order valence-corrected chi connectivity index (χ0v) is 20.6. The molecule has 1 atom stereocenters. The zero-order chi connectivity index (χ0) is 28.5. The lowest BCUT2D eigenvalue weighted by atomic mass is 9.90. The summed E-state index contributed by atoms with van der Waals surface area (Å²) in [6.07, 6.45) is 0. The summed E-state index contributed by atoms with van der Waals surface area (Å²) in [5.74, 6) is -19.3. The minimum Gasteiger partial charge on any atom is -0.487 e. The van der Waals surface area contributed by atoms with Crippen LogP contribution in [-0.4, -0.2) is 42.5 Å². The predicted octanol–water partition coefficient (Wildman–Crippen LogP) is 5.66. The standard InChI is InChI=1S/C26H25F6NO5/c1-15(2)23(3,33)22(35)37-14-25(29,30)26(31,32)24(27,28)13-36-18-10-9-17-11-19(16-7-5-4-6-8-16)21(34)38-20(17)12-18/h4-12,15H,13-14,33H2,1-3H3. The van der Waals surface area contributed by atoms with Gasteiger partial charge in [-0.05, 0) is 36.6 Å². The van der Waals surface area contributed by atoms with E-state index in [4.69, 9.17) is 10.2 Å². The molecule has 2 aromatic carbocycles. The van der Waals surface area contributed by atoms with Crippen molar-refractivity contribution in [1.29, 1.82) is 0 Å². The van der Waals surface area contributed by atoms with Crippen LogP contribution in [0.25, 0.3) is 22.1 Å². The van der Waals surface area contributed by atoms with Gasteiger partial charge in [0, 0.05) is 11.5 Å². The maximum atomic E-state index is 14.3. The Morgan fingerprint density at radius 2 is 1.55 bits per heavy atom. The van der Waals surface area contributed by atoms with E-state index in [1.54, 1.807) is 30.3 Å². The Labute approximate surface area is 213 Å². The average Bonchev–Trinajstić information content (AvgIpc) is 2.85. The van der Waals surface area contributed by atoms with Crippen molar-refractivity contribution < 1.29 is 45.0 Å². The minimum atomic E-state index is -5.96. The summed E-state index contributed by atoms with van der Waals surface area (Å²) in [5.41, 5.74) is 3.76. The summed E-state index contributed by atoms with van der Waals surface area (Å²) in [6.45, 7) is -0.424. The first-order valence-electron chi connectivity index (χ1n) is 11.4. The summed E-state index contributed by atoms with van der Waals surface area (Å²) in [6, 6.07) is 13.4. The second kappa shape index (κ2) is 10.3. The van der Waals surface area contributed by atoms with Gasteiger partial charge in [0.15, 0.2) is 13.2 Å². The third kappa shape index (κ3) is 5.64. The summed E-state index contributed by atoms with van der Waals surface area (Å²) in [4.78, 5) is 24.3. The highest BCUT2D eigenvalue weighted by Gasteiger charge is 2.72.